The Morgan fingerprint density at radius 3 is 1.60 bits per heavy atom. The molecule has 4 atom stereocenters. The molecule has 0 aromatic heterocycles. The first-order valence-electron chi connectivity index (χ1n) is 15.2. The Hall–Kier alpha value is -5.22. The number of aliphatic hydroxyl groups is 1. The van der Waals surface area contributed by atoms with Crippen molar-refractivity contribution in [2.45, 2.75) is 57.3 Å². The Bertz CT molecular complexity index is 1400. The van der Waals surface area contributed by atoms with E-state index in [1.807, 2.05) is 13.8 Å². The van der Waals surface area contributed by atoms with Crippen molar-refractivity contribution < 1.29 is 48.8 Å². The van der Waals surface area contributed by atoms with Crippen LogP contribution in [0.15, 0.2) is 48.5 Å². The highest BCUT2D eigenvalue weighted by Gasteiger charge is 2.27. The van der Waals surface area contributed by atoms with E-state index in [0.717, 1.165) is 7.11 Å². The first-order valence-corrected chi connectivity index (χ1v) is 15.2. The van der Waals surface area contributed by atoms with Gasteiger partial charge in [-0.25, -0.2) is 4.79 Å². The molecule has 0 heterocycles. The molecule has 0 aliphatic carbocycles. The number of hydrogen-bond acceptors (Lipinski definition) is 11. The molecule has 2 aromatic carbocycles. The summed E-state index contributed by atoms with van der Waals surface area (Å²) in [6.45, 7) is 1.66. The SMILES string of the molecule is COC(=O)C(Cc1ccc(O)cc1)NC(=O)CNC(=O)C(CO)NC(=O)CNC(=O)C(CC(C)C)NC(=O)C(N)Cc1ccc(O)cc1. The minimum Gasteiger partial charge on any atom is -0.508 e. The van der Waals surface area contributed by atoms with Crippen LogP contribution < -0.4 is 32.3 Å². The Balaban J connectivity index is 1.87. The second-order valence-electron chi connectivity index (χ2n) is 11.4. The van der Waals surface area contributed by atoms with E-state index in [2.05, 4.69) is 26.6 Å². The Labute approximate surface area is 277 Å². The molecule has 262 valence electrons. The second-order valence-corrected chi connectivity index (χ2v) is 11.4. The van der Waals surface area contributed by atoms with Crippen molar-refractivity contribution in [3.8, 4) is 11.5 Å². The van der Waals surface area contributed by atoms with Crippen LogP contribution >= 0.6 is 0 Å². The predicted octanol–water partition coefficient (Wildman–Crippen LogP) is -1.89. The molecule has 0 spiro atoms. The smallest absolute Gasteiger partial charge is 0.328 e. The van der Waals surface area contributed by atoms with E-state index < -0.39 is 79.4 Å². The largest absolute Gasteiger partial charge is 0.508 e. The van der Waals surface area contributed by atoms with Gasteiger partial charge in [-0.3, -0.25) is 24.0 Å². The molecule has 2 aromatic rings. The van der Waals surface area contributed by atoms with Crippen LogP contribution in [0.25, 0.3) is 0 Å². The summed E-state index contributed by atoms with van der Waals surface area (Å²) in [5.74, 6) is -4.42. The molecule has 0 saturated heterocycles. The average Bonchev–Trinajstić information content (AvgIpc) is 3.05. The van der Waals surface area contributed by atoms with Crippen molar-refractivity contribution in [1.29, 1.82) is 0 Å². The molecule has 0 fully saturated rings. The van der Waals surface area contributed by atoms with Gasteiger partial charge in [-0.15, -0.1) is 0 Å². The van der Waals surface area contributed by atoms with E-state index in [9.17, 15) is 44.1 Å². The third-order valence-electron chi connectivity index (χ3n) is 6.95. The summed E-state index contributed by atoms with van der Waals surface area (Å²) in [6.07, 6.45) is 0.436. The van der Waals surface area contributed by atoms with Gasteiger partial charge >= 0.3 is 5.97 Å². The molecule has 0 aliphatic rings. The van der Waals surface area contributed by atoms with Crippen LogP contribution in [0.3, 0.4) is 0 Å². The van der Waals surface area contributed by atoms with Gasteiger partial charge in [0.15, 0.2) is 0 Å². The quantitative estimate of drug-likeness (QED) is 0.0791. The summed E-state index contributed by atoms with van der Waals surface area (Å²) < 4.78 is 4.73. The van der Waals surface area contributed by atoms with Crippen LogP contribution in [0.1, 0.15) is 31.4 Å². The monoisotopic (exact) mass is 672 g/mol. The number of hydrogen-bond donors (Lipinski definition) is 9. The van der Waals surface area contributed by atoms with E-state index in [0.29, 0.717) is 11.1 Å². The zero-order valence-electron chi connectivity index (χ0n) is 27.0. The fraction of sp³-hybridized carbons (Fsp3) is 0.438. The van der Waals surface area contributed by atoms with Gasteiger partial charge in [0.05, 0.1) is 32.8 Å². The normalized spacial score (nSPS) is 13.3. The Morgan fingerprint density at radius 2 is 1.15 bits per heavy atom. The molecule has 0 saturated carbocycles. The third-order valence-corrected chi connectivity index (χ3v) is 6.95. The van der Waals surface area contributed by atoms with E-state index in [1.54, 1.807) is 24.3 Å². The topological polar surface area (TPSA) is 259 Å². The molecule has 16 heteroatoms. The number of benzene rings is 2. The molecule has 2 rings (SSSR count). The zero-order valence-corrected chi connectivity index (χ0v) is 27.0. The molecule has 0 radical (unpaired) electrons. The zero-order chi connectivity index (χ0) is 35.8. The van der Waals surface area contributed by atoms with Crippen LogP contribution in [0.2, 0.25) is 0 Å². The van der Waals surface area contributed by atoms with Crippen LogP contribution in [0.5, 0.6) is 11.5 Å². The lowest BCUT2D eigenvalue weighted by Crippen LogP contribution is -2.55. The number of carbonyl (C=O) groups is 6. The molecule has 16 nitrogen and oxygen atoms in total. The summed E-state index contributed by atoms with van der Waals surface area (Å²) >= 11 is 0. The number of methoxy groups -OCH3 is 1. The maximum atomic E-state index is 12.9. The fourth-order valence-electron chi connectivity index (χ4n) is 4.43. The molecule has 0 aliphatic heterocycles. The van der Waals surface area contributed by atoms with E-state index >= 15 is 0 Å². The third kappa shape index (κ3) is 13.6. The minimum absolute atomic E-state index is 0.0152. The first-order chi connectivity index (χ1) is 22.7. The fourth-order valence-corrected chi connectivity index (χ4v) is 4.43. The van der Waals surface area contributed by atoms with Gasteiger partial charge in [0.1, 0.15) is 29.6 Å². The lowest BCUT2D eigenvalue weighted by molar-refractivity contribution is -0.145. The number of phenols is 2. The van der Waals surface area contributed by atoms with Crippen LogP contribution in [0, 0.1) is 5.92 Å². The molecular weight excluding hydrogens is 628 g/mol. The van der Waals surface area contributed by atoms with Crippen molar-refractivity contribution in [2.24, 2.45) is 11.7 Å². The highest BCUT2D eigenvalue weighted by molar-refractivity contribution is 5.94. The van der Waals surface area contributed by atoms with Gasteiger partial charge < -0.3 is 52.4 Å². The van der Waals surface area contributed by atoms with Crippen LogP contribution in [0.4, 0.5) is 0 Å². The van der Waals surface area contributed by atoms with Gasteiger partial charge in [0.25, 0.3) is 0 Å². The molecular formula is C32H44N6O10. The number of rotatable bonds is 18. The summed E-state index contributed by atoms with van der Waals surface area (Å²) in [4.78, 5) is 75.4. The van der Waals surface area contributed by atoms with Gasteiger partial charge in [0.2, 0.25) is 29.5 Å². The lowest BCUT2D eigenvalue weighted by atomic mass is 10.0. The maximum Gasteiger partial charge on any atom is 0.328 e. The van der Waals surface area contributed by atoms with Crippen molar-refractivity contribution in [3.63, 3.8) is 0 Å². The molecule has 5 amide bonds. The maximum absolute atomic E-state index is 12.9. The highest BCUT2D eigenvalue weighted by atomic mass is 16.5. The number of carbonyl (C=O) groups excluding carboxylic acids is 6. The Kier molecular flexibility index (Phi) is 15.8. The summed E-state index contributed by atoms with van der Waals surface area (Å²) in [5, 5.41) is 40.5. The highest BCUT2D eigenvalue weighted by Crippen LogP contribution is 2.13. The van der Waals surface area contributed by atoms with E-state index in [1.165, 1.54) is 24.3 Å². The second kappa shape index (κ2) is 19.4. The van der Waals surface area contributed by atoms with Gasteiger partial charge in [-0.05, 0) is 54.2 Å². The summed E-state index contributed by atoms with van der Waals surface area (Å²) in [6, 6.07) is 7.55. The van der Waals surface area contributed by atoms with Gasteiger partial charge in [-0.2, -0.15) is 0 Å². The number of amides is 5. The molecule has 48 heavy (non-hydrogen) atoms. The average molecular weight is 673 g/mol. The van der Waals surface area contributed by atoms with E-state index in [4.69, 9.17) is 10.5 Å². The van der Waals surface area contributed by atoms with Crippen LogP contribution in [-0.2, 0) is 46.3 Å². The molecule has 10 N–H and O–H groups in total. The number of nitrogens with two attached hydrogens (primary N) is 1. The van der Waals surface area contributed by atoms with Gasteiger partial charge in [0, 0.05) is 6.42 Å². The molecule has 0 bridgehead atoms. The van der Waals surface area contributed by atoms with Crippen molar-refractivity contribution in [3.05, 3.63) is 59.7 Å². The number of esters is 1. The molecule has 4 unspecified atom stereocenters. The lowest BCUT2D eigenvalue weighted by Gasteiger charge is -2.22. The van der Waals surface area contributed by atoms with Crippen molar-refractivity contribution in [2.75, 3.05) is 26.8 Å². The first kappa shape index (κ1) is 39.0. The summed E-state index contributed by atoms with van der Waals surface area (Å²) in [5.41, 5.74) is 7.35. The minimum atomic E-state index is -1.47. The van der Waals surface area contributed by atoms with Crippen molar-refractivity contribution >= 4 is 35.5 Å². The van der Waals surface area contributed by atoms with Gasteiger partial charge in [-0.1, -0.05) is 38.1 Å². The summed E-state index contributed by atoms with van der Waals surface area (Å²) in [7, 11) is 1.15. The van der Waals surface area contributed by atoms with Crippen LogP contribution in [-0.4, -0.2) is 102 Å². The number of ether oxygens (including phenoxy) is 1. The standard InChI is InChI=1S/C32H44N6O10/c1-18(2)12-24(38-29(44)23(33)13-19-4-8-21(40)9-5-19)30(45)34-16-28(43)37-26(17-39)31(46)35-15-27(42)36-25(32(47)48-3)14-20-6-10-22(41)11-7-20/h4-11,18,23-26,39-41H,12-17,33H2,1-3H3,(H,34,45)(H,35,46)(H,36,42)(H,37,43)(H,38,44). The van der Waals surface area contributed by atoms with Crippen molar-refractivity contribution in [1.82, 2.24) is 26.6 Å². The predicted molar refractivity (Wildman–Crippen MR) is 172 cm³/mol. The number of aromatic hydroxyl groups is 2. The Morgan fingerprint density at radius 1 is 0.688 bits per heavy atom. The number of aliphatic hydroxyl groups excluding tert-OH is 1. The van der Waals surface area contributed by atoms with E-state index in [-0.39, 0.29) is 36.7 Å². The number of nitrogens with one attached hydrogen (secondary N) is 5. The number of phenolic OH excluding ortho intramolecular Hbond substituents is 2.